The number of aliphatic hydroxyl groups excluding tert-OH is 1. The van der Waals surface area contributed by atoms with E-state index in [-0.39, 0.29) is 157 Å². The zero-order valence-electron chi connectivity index (χ0n) is 48.3. The van der Waals surface area contributed by atoms with Crippen LogP contribution in [-0.4, -0.2) is 153 Å². The Morgan fingerprint density at radius 2 is 0.776 bits per heavy atom. The average molecular weight is 1650 g/mol. The molecule has 12 rings (SSSR count). The Bertz CT molecular complexity index is 5030. The second-order valence-corrected chi connectivity index (χ2v) is 22.9. The third-order valence-corrected chi connectivity index (χ3v) is 14.6. The first-order valence-electron chi connectivity index (χ1n) is 26.3. The number of hydrogen-bond acceptors (Lipinski definition) is 34. The van der Waals surface area contributed by atoms with Gasteiger partial charge in [-0.3, -0.25) is 22.3 Å². The number of hydrogen-bond donors (Lipinski definition) is 2. The van der Waals surface area contributed by atoms with Crippen LogP contribution in [0.3, 0.4) is 0 Å². The smallest absolute Gasteiger partial charge is 0.446 e. The zero-order valence-corrected chi connectivity index (χ0v) is 55.5. The van der Waals surface area contributed by atoms with Crippen molar-refractivity contribution in [3.8, 4) is 92.3 Å². The first kappa shape index (κ1) is 71.5. The lowest BCUT2D eigenvalue weighted by molar-refractivity contribution is 0.187. The monoisotopic (exact) mass is 1650 g/mol. The van der Waals surface area contributed by atoms with Crippen LogP contribution in [0.25, 0.3) is 79.3 Å². The lowest BCUT2D eigenvalue weighted by atomic mass is 10.3. The topological polar surface area (TPSA) is 523 Å². The van der Waals surface area contributed by atoms with E-state index in [2.05, 4.69) is 176 Å². The van der Waals surface area contributed by atoms with E-state index in [4.69, 9.17) is 35.3 Å². The number of aliphatic hydroxyl groups is 1. The summed E-state index contributed by atoms with van der Waals surface area (Å²) in [5, 5.41) is 55.3. The van der Waals surface area contributed by atoms with Crippen molar-refractivity contribution in [3.63, 3.8) is 0 Å². The van der Waals surface area contributed by atoms with E-state index >= 15 is 0 Å². The number of benzene rings is 4. The van der Waals surface area contributed by atoms with Crippen molar-refractivity contribution in [3.05, 3.63) is 167 Å². The molecule has 98 heavy (non-hydrogen) atoms. The molecule has 0 bridgehead atoms. The van der Waals surface area contributed by atoms with Gasteiger partial charge in [-0.05, 0) is 183 Å². The van der Waals surface area contributed by atoms with Crippen molar-refractivity contribution < 1.29 is 90.8 Å². The summed E-state index contributed by atoms with van der Waals surface area (Å²) in [4.78, 5) is 50.5. The highest BCUT2D eigenvalue weighted by molar-refractivity contribution is 9.11. The lowest BCUT2D eigenvalue weighted by Crippen LogP contribution is -2.14. The van der Waals surface area contributed by atoms with E-state index in [1.165, 1.54) is 66.7 Å². The van der Waals surface area contributed by atoms with Crippen molar-refractivity contribution in [2.45, 2.75) is 0 Å². The van der Waals surface area contributed by atoms with Gasteiger partial charge in [0.15, 0.2) is 0 Å². The van der Waals surface area contributed by atoms with Crippen molar-refractivity contribution >= 4 is 73.8 Å². The molecule has 3 N–H and O–H groups in total. The normalized spacial score (nSPS) is 11.0. The maximum Gasteiger partial charge on any atom is 0.446 e. The Kier molecular flexibility index (Phi) is 23.9. The van der Waals surface area contributed by atoms with E-state index in [9.17, 15) is 45.2 Å². The molecule has 0 saturated heterocycles. The predicted octanol–water partition coefficient (Wildman–Crippen LogP) is 5.86. The van der Waals surface area contributed by atoms with E-state index in [0.717, 1.165) is 30.6 Å². The number of nitrogens with two attached hydrogens (primary N) is 1. The van der Waals surface area contributed by atoms with Crippen LogP contribution in [0.4, 0.5) is 17.6 Å². The molecule has 0 fully saturated rings. The third kappa shape index (κ3) is 17.2. The van der Waals surface area contributed by atoms with Crippen LogP contribution < -0.4 is 47.7 Å². The average Bonchev–Trinajstić information content (AvgIpc) is 1.64. The van der Waals surface area contributed by atoms with E-state index in [1.54, 1.807) is 0 Å². The van der Waals surface area contributed by atoms with Crippen LogP contribution in [0.2, 0.25) is 0 Å². The molecular weight excluding hydrogens is 1620 g/mol. The summed E-state index contributed by atoms with van der Waals surface area (Å²) in [6, 6.07) is 15.6. The van der Waals surface area contributed by atoms with Gasteiger partial charge in [-0.2, -0.15) is 8.42 Å². The van der Waals surface area contributed by atoms with Gasteiger partial charge in [0.05, 0.1) is 66.7 Å². The SMILES string of the molecule is CS(=O)(=O)OCCOc1nonc1-c1noc(=O)n1-c1ccc(F)c(Br)c1.NCCOc1nonc1-c1noc(=O)n1-c1ccc(F)c(Br)c1.O=c1onc(-c2nonc2OCCO)n1-c1ccc(F)c(Br)c1.[N-]=[N+]=NCCOc1nonc1-c1noc(=O)n1-c1ccc(F)c(Br)c1. The highest BCUT2D eigenvalue weighted by Crippen LogP contribution is 2.32. The van der Waals surface area contributed by atoms with Crippen LogP contribution in [0.15, 0.2) is 152 Å². The zero-order chi connectivity index (χ0) is 70.2. The molecule has 0 aliphatic carbocycles. The van der Waals surface area contributed by atoms with Crippen molar-refractivity contribution in [2.24, 2.45) is 10.8 Å². The molecule has 0 unspecified atom stereocenters. The first-order valence-corrected chi connectivity index (χ1v) is 31.3. The summed E-state index contributed by atoms with van der Waals surface area (Å²) in [7, 11) is -3.62. The summed E-state index contributed by atoms with van der Waals surface area (Å²) in [6.45, 7) is -0.280. The van der Waals surface area contributed by atoms with Gasteiger partial charge in [-0.1, -0.05) is 25.7 Å². The van der Waals surface area contributed by atoms with Crippen LogP contribution in [0.5, 0.6) is 23.5 Å². The fourth-order valence-electron chi connectivity index (χ4n) is 7.50. The van der Waals surface area contributed by atoms with Crippen LogP contribution >= 0.6 is 63.7 Å². The predicted molar refractivity (Wildman–Crippen MR) is 325 cm³/mol. The highest BCUT2D eigenvalue weighted by atomic mass is 79.9. The highest BCUT2D eigenvalue weighted by Gasteiger charge is 2.29. The largest absolute Gasteiger partial charge is 0.474 e. The van der Waals surface area contributed by atoms with E-state index in [0.29, 0.717) is 5.69 Å². The van der Waals surface area contributed by atoms with Gasteiger partial charge >= 0.3 is 23.0 Å². The molecule has 0 atom stereocenters. The Labute approximate surface area is 570 Å². The van der Waals surface area contributed by atoms with Gasteiger partial charge in [0, 0.05) is 11.5 Å². The Morgan fingerprint density at radius 1 is 0.480 bits per heavy atom. The number of aromatic nitrogens is 16. The maximum absolute atomic E-state index is 13.5. The number of rotatable bonds is 23. The second kappa shape index (κ2) is 32.7. The molecule has 0 radical (unpaired) electrons. The van der Waals surface area contributed by atoms with Crippen molar-refractivity contribution in [1.82, 2.24) is 80.1 Å². The van der Waals surface area contributed by atoms with Gasteiger partial charge in [0.2, 0.25) is 46.1 Å². The minimum atomic E-state index is -3.62. The van der Waals surface area contributed by atoms with Gasteiger partial charge in [-0.25, -0.2) is 73.5 Å². The first-order chi connectivity index (χ1) is 47.1. The molecule has 512 valence electrons. The van der Waals surface area contributed by atoms with Crippen LogP contribution in [0, 0.1) is 23.3 Å². The molecule has 0 saturated carbocycles. The molecule has 8 aromatic heterocycles. The number of ether oxygens (including phenoxy) is 4. The molecule has 0 spiro atoms. The van der Waals surface area contributed by atoms with Gasteiger partial charge in [0.25, 0.3) is 33.6 Å². The number of halogens is 8. The van der Waals surface area contributed by atoms with Gasteiger partial charge in [0.1, 0.15) is 49.7 Å². The molecule has 40 nitrogen and oxygen atoms in total. The van der Waals surface area contributed by atoms with E-state index in [1.807, 2.05) is 0 Å². The van der Waals surface area contributed by atoms with Crippen LogP contribution in [-0.2, 0) is 14.3 Å². The molecule has 8 heterocycles. The lowest BCUT2D eigenvalue weighted by Gasteiger charge is -2.05. The summed E-state index contributed by atoms with van der Waals surface area (Å²) in [5.41, 5.74) is 14.7. The summed E-state index contributed by atoms with van der Waals surface area (Å²) >= 11 is 12.2. The Balaban J connectivity index is 0.000000153. The standard InChI is InChI=1S/C13H10BrFN4O7S.C12H7BrFN7O4.C12H9BrFN5O4.C12H8BrFN4O5/c1-27(21,22)24-5-4-23-12-10(16-26-18-12)11-17-25-13(20)19(11)7-2-3-9(15)8(14)6-7;13-7-5-6(1-2-8(7)14)21-10(18-24-12(21)22)9-11(19-25-17-9)23-4-3-16-20-15;13-7-5-6(1-2-8(7)14)19-10(17-22-12(19)20)9-11(18-23-16-9)21-4-3-15;13-7-5-6(1-2-8(7)14)18-10(16-22-12(18)20)9-11(17-23-15-9)21-4-3-19/h2-3,6H,4-5H2,1H3;1-2,5H,3-4H2;1-2,5H,3-4,15H2;1-2,5,19H,3-4H2. The van der Waals surface area contributed by atoms with Crippen molar-refractivity contribution in [1.29, 1.82) is 0 Å². The van der Waals surface area contributed by atoms with Crippen LogP contribution in [0.1, 0.15) is 0 Å². The minimum Gasteiger partial charge on any atom is -0.474 e. The Hall–Kier alpha value is -10.8. The van der Waals surface area contributed by atoms with Gasteiger partial charge < -0.3 is 29.8 Å². The van der Waals surface area contributed by atoms with Gasteiger partial charge in [-0.15, -0.1) is 0 Å². The minimum absolute atomic E-state index is 0.00165. The number of nitrogens with zero attached hydrogens (tertiary/aromatic N) is 19. The Morgan fingerprint density at radius 3 is 1.05 bits per heavy atom. The summed E-state index contributed by atoms with van der Waals surface area (Å²) < 4.78 is 143. The summed E-state index contributed by atoms with van der Waals surface area (Å²) in [5.74, 6) is -5.78. The fraction of sp³-hybridized carbons (Fsp3) is 0.184. The molecule has 49 heteroatoms. The second-order valence-electron chi connectivity index (χ2n) is 17.9. The molecule has 0 aliphatic heterocycles. The fourth-order valence-corrected chi connectivity index (χ4v) is 9.34. The molecule has 4 aromatic carbocycles. The van der Waals surface area contributed by atoms with E-state index < -0.39 is 56.4 Å². The molecule has 0 amide bonds. The third-order valence-electron chi connectivity index (χ3n) is 11.5. The maximum atomic E-state index is 13.5. The number of azide groups is 1. The summed E-state index contributed by atoms with van der Waals surface area (Å²) in [6.07, 6.45) is 0.894. The van der Waals surface area contributed by atoms with Crippen molar-refractivity contribution in [2.75, 3.05) is 59.0 Å². The molecule has 12 aromatic rings. The molecular formula is C49H34Br4F4N20O20S. The quantitative estimate of drug-likeness (QED) is 0.0189. The molecule has 0 aliphatic rings.